The molecular weight excluding hydrogens is 332 g/mol. The Kier molecular flexibility index (Phi) is 4.71. The van der Waals surface area contributed by atoms with Crippen molar-refractivity contribution in [3.05, 3.63) is 108 Å². The number of hydrogen-bond donors (Lipinski definition) is 0. The lowest BCUT2D eigenvalue weighted by molar-refractivity contribution is -0.141. The zero-order valence-corrected chi connectivity index (χ0v) is 15.1. The molecule has 2 aliphatic carbocycles. The maximum absolute atomic E-state index is 12.8. The van der Waals surface area contributed by atoms with Gasteiger partial charge in [0.25, 0.3) is 0 Å². The first kappa shape index (κ1) is 17.0. The second-order valence-corrected chi connectivity index (χ2v) is 6.48. The minimum atomic E-state index is -0.460. The number of carbonyl (C=O) groups is 1. The molecule has 0 radical (unpaired) electrons. The van der Waals surface area contributed by atoms with Crippen LogP contribution in [0.5, 0.6) is 0 Å². The monoisotopic (exact) mass is 352 g/mol. The van der Waals surface area contributed by atoms with Crippen LogP contribution in [-0.4, -0.2) is 13.1 Å². The van der Waals surface area contributed by atoms with Gasteiger partial charge in [-0.3, -0.25) is 4.79 Å². The molecule has 1 unspecified atom stereocenters. The maximum Gasteiger partial charge on any atom is 0.317 e. The van der Waals surface area contributed by atoms with Crippen LogP contribution < -0.4 is 0 Å². The second-order valence-electron chi connectivity index (χ2n) is 6.48. The van der Waals surface area contributed by atoms with Crippen LogP contribution in [0.4, 0.5) is 0 Å². The van der Waals surface area contributed by atoms with Gasteiger partial charge < -0.3 is 4.74 Å². The molecule has 1 atom stereocenters. The average Bonchev–Trinajstić information content (AvgIpc) is 2.90. The zero-order valence-electron chi connectivity index (χ0n) is 15.1. The van der Waals surface area contributed by atoms with Gasteiger partial charge in [0, 0.05) is 0 Å². The minimum Gasteiger partial charge on any atom is -0.468 e. The Balaban J connectivity index is 1.97. The van der Waals surface area contributed by atoms with Gasteiger partial charge in [0.2, 0.25) is 0 Å². The van der Waals surface area contributed by atoms with Crippen LogP contribution in [0.1, 0.15) is 17.0 Å². The van der Waals surface area contributed by atoms with E-state index in [0.717, 1.165) is 33.4 Å². The average molecular weight is 352 g/mol. The fraction of sp³-hybridized carbons (Fsp3) is 0.0800. The van der Waals surface area contributed by atoms with Crippen molar-refractivity contribution in [1.29, 1.82) is 0 Å². The molecule has 27 heavy (non-hydrogen) atoms. The van der Waals surface area contributed by atoms with Crippen molar-refractivity contribution >= 4 is 5.97 Å². The molecule has 2 heteroatoms. The molecule has 0 saturated heterocycles. The van der Waals surface area contributed by atoms with Crippen molar-refractivity contribution in [2.45, 2.75) is 5.92 Å². The highest BCUT2D eigenvalue weighted by Crippen LogP contribution is 2.43. The van der Waals surface area contributed by atoms with Crippen molar-refractivity contribution in [2.75, 3.05) is 7.11 Å². The molecule has 2 aliphatic rings. The molecule has 2 aromatic carbocycles. The summed E-state index contributed by atoms with van der Waals surface area (Å²) < 4.78 is 5.17. The maximum atomic E-state index is 12.8. The highest BCUT2D eigenvalue weighted by molar-refractivity contribution is 5.94. The van der Waals surface area contributed by atoms with Gasteiger partial charge in [-0.25, -0.2) is 0 Å². The van der Waals surface area contributed by atoms with E-state index in [1.165, 1.54) is 7.11 Å². The number of benzene rings is 2. The summed E-state index contributed by atoms with van der Waals surface area (Å²) in [5.74, 6) is -0.710. The molecule has 0 heterocycles. The first-order valence-electron chi connectivity index (χ1n) is 8.99. The number of esters is 1. The Morgan fingerprint density at radius 3 is 1.89 bits per heavy atom. The van der Waals surface area contributed by atoms with Crippen LogP contribution in [0.25, 0.3) is 22.3 Å². The lowest BCUT2D eigenvalue weighted by Gasteiger charge is -2.15. The first-order valence-corrected chi connectivity index (χ1v) is 8.99. The molecule has 2 nitrogen and oxygen atoms in total. The molecule has 0 aliphatic heterocycles. The highest BCUT2D eigenvalue weighted by Gasteiger charge is 2.29. The van der Waals surface area contributed by atoms with Gasteiger partial charge in [-0.05, 0) is 39.4 Å². The number of rotatable bonds is 4. The third-order valence-corrected chi connectivity index (χ3v) is 4.90. The molecule has 4 rings (SSSR count). The lowest BCUT2D eigenvalue weighted by Crippen LogP contribution is -2.15. The van der Waals surface area contributed by atoms with Gasteiger partial charge in [0.05, 0.1) is 7.11 Å². The van der Waals surface area contributed by atoms with Gasteiger partial charge in [-0.15, -0.1) is 0 Å². The molecule has 0 bridgehead atoms. The van der Waals surface area contributed by atoms with Gasteiger partial charge in [0.1, 0.15) is 5.92 Å². The molecule has 0 amide bonds. The van der Waals surface area contributed by atoms with Crippen molar-refractivity contribution in [2.24, 2.45) is 0 Å². The quantitative estimate of drug-likeness (QED) is 0.436. The summed E-state index contributed by atoms with van der Waals surface area (Å²) in [5, 5.41) is 0. The molecule has 0 spiro atoms. The van der Waals surface area contributed by atoms with E-state index in [9.17, 15) is 4.79 Å². The Morgan fingerprint density at radius 2 is 1.26 bits per heavy atom. The van der Waals surface area contributed by atoms with E-state index >= 15 is 0 Å². The molecule has 0 aromatic heterocycles. The summed E-state index contributed by atoms with van der Waals surface area (Å²) in [7, 11) is 1.45. The standard InChI is InChI=1S/C25H20O2/c1-27-25(26)24(19-13-7-3-8-14-19)23-17-22(18-11-5-2-6-12-18)20-15-9-4-10-16-21(20)23/h2-17,24H,1H3. The topological polar surface area (TPSA) is 26.3 Å². The Morgan fingerprint density at radius 1 is 0.704 bits per heavy atom. The predicted molar refractivity (Wildman–Crippen MR) is 109 cm³/mol. The predicted octanol–water partition coefficient (Wildman–Crippen LogP) is 5.76. The van der Waals surface area contributed by atoms with E-state index in [0.29, 0.717) is 0 Å². The SMILES string of the molecule is COC(=O)C(c1ccccc1)c1cc(-c2ccccc2)c2cccccc1-2. The summed E-state index contributed by atoms with van der Waals surface area (Å²) in [4.78, 5) is 12.8. The summed E-state index contributed by atoms with van der Waals surface area (Å²) in [5.41, 5.74) is 6.36. The van der Waals surface area contributed by atoms with Crippen LogP contribution in [-0.2, 0) is 9.53 Å². The molecule has 132 valence electrons. The number of ether oxygens (including phenoxy) is 1. The van der Waals surface area contributed by atoms with Gasteiger partial charge >= 0.3 is 5.97 Å². The molecule has 2 aromatic rings. The normalized spacial score (nSPS) is 11.9. The number of hydrogen-bond acceptors (Lipinski definition) is 2. The number of methoxy groups -OCH3 is 1. The first-order chi connectivity index (χ1) is 13.3. The van der Waals surface area contributed by atoms with Crippen LogP contribution in [0.3, 0.4) is 0 Å². The van der Waals surface area contributed by atoms with E-state index in [1.54, 1.807) is 0 Å². The molecule has 0 saturated carbocycles. The van der Waals surface area contributed by atoms with Crippen molar-refractivity contribution in [1.82, 2.24) is 0 Å². The van der Waals surface area contributed by atoms with Crippen molar-refractivity contribution in [3.63, 3.8) is 0 Å². The summed E-state index contributed by atoms with van der Waals surface area (Å²) >= 11 is 0. The highest BCUT2D eigenvalue weighted by atomic mass is 16.5. The third kappa shape index (κ3) is 3.22. The van der Waals surface area contributed by atoms with Crippen LogP contribution in [0.15, 0.2) is 97.1 Å². The molecule has 0 N–H and O–H groups in total. The van der Waals surface area contributed by atoms with Crippen LogP contribution in [0.2, 0.25) is 0 Å². The van der Waals surface area contributed by atoms with Gasteiger partial charge in [0.15, 0.2) is 0 Å². The van der Waals surface area contributed by atoms with E-state index in [4.69, 9.17) is 4.74 Å². The lowest BCUT2D eigenvalue weighted by atomic mass is 9.90. The van der Waals surface area contributed by atoms with Crippen molar-refractivity contribution < 1.29 is 9.53 Å². The van der Waals surface area contributed by atoms with Crippen LogP contribution >= 0.6 is 0 Å². The summed E-state index contributed by atoms with van der Waals surface area (Å²) in [6, 6.07) is 32.5. The summed E-state index contributed by atoms with van der Waals surface area (Å²) in [6.45, 7) is 0. The smallest absolute Gasteiger partial charge is 0.317 e. The van der Waals surface area contributed by atoms with Gasteiger partial charge in [-0.1, -0.05) is 91.0 Å². The molecular formula is C25H20O2. The molecule has 0 fully saturated rings. The van der Waals surface area contributed by atoms with E-state index in [2.05, 4.69) is 30.3 Å². The Bertz CT molecular complexity index is 1020. The van der Waals surface area contributed by atoms with Crippen molar-refractivity contribution in [3.8, 4) is 22.3 Å². The van der Waals surface area contributed by atoms with E-state index < -0.39 is 5.92 Å². The van der Waals surface area contributed by atoms with E-state index in [-0.39, 0.29) is 5.97 Å². The fourth-order valence-electron chi connectivity index (χ4n) is 3.65. The largest absolute Gasteiger partial charge is 0.468 e. The van der Waals surface area contributed by atoms with E-state index in [1.807, 2.05) is 66.7 Å². The second kappa shape index (κ2) is 7.46. The Hall–Kier alpha value is -3.39. The summed E-state index contributed by atoms with van der Waals surface area (Å²) in [6.07, 6.45) is 0. The Labute approximate surface area is 159 Å². The van der Waals surface area contributed by atoms with Gasteiger partial charge in [-0.2, -0.15) is 0 Å². The zero-order chi connectivity index (χ0) is 18.6. The third-order valence-electron chi connectivity index (χ3n) is 4.90. The fourth-order valence-corrected chi connectivity index (χ4v) is 3.65. The number of fused-ring (bicyclic) bond motifs is 1. The number of carbonyl (C=O) groups excluding carboxylic acids is 1. The minimum absolute atomic E-state index is 0.251. The van der Waals surface area contributed by atoms with Crippen LogP contribution in [0, 0.1) is 0 Å².